The average molecular weight is 302 g/mol. The molecule has 0 saturated heterocycles. The third-order valence-corrected chi connectivity index (χ3v) is 2.55. The first-order chi connectivity index (χ1) is 6.25. The van der Waals surface area contributed by atoms with E-state index in [0.717, 1.165) is 20.3 Å². The van der Waals surface area contributed by atoms with Gasteiger partial charge < -0.3 is 4.98 Å². The summed E-state index contributed by atoms with van der Waals surface area (Å²) >= 11 is 6.85. The first-order valence-corrected chi connectivity index (χ1v) is 5.30. The molecule has 0 aliphatic heterocycles. The Morgan fingerprint density at radius 1 is 1.08 bits per heavy atom. The second-order valence-electron chi connectivity index (χ2n) is 2.60. The van der Waals surface area contributed by atoms with Crippen LogP contribution in [-0.4, -0.2) is 9.97 Å². The zero-order valence-electron chi connectivity index (χ0n) is 6.59. The number of nitrogens with zero attached hydrogens (tertiary/aromatic N) is 1. The van der Waals surface area contributed by atoms with Gasteiger partial charge in [0.05, 0.1) is 0 Å². The van der Waals surface area contributed by atoms with Crippen LogP contribution in [0.5, 0.6) is 0 Å². The normalized spacial score (nSPS) is 10.3. The van der Waals surface area contributed by atoms with Crippen molar-refractivity contribution < 1.29 is 0 Å². The fourth-order valence-electron chi connectivity index (χ4n) is 1.11. The molecule has 0 unspecified atom stereocenters. The topological polar surface area (TPSA) is 28.7 Å². The van der Waals surface area contributed by atoms with Crippen LogP contribution in [0.4, 0.5) is 0 Å². The smallest absolute Gasteiger partial charge is 0.137 e. The van der Waals surface area contributed by atoms with E-state index in [0.29, 0.717) is 0 Å². The van der Waals surface area contributed by atoms with Gasteiger partial charge in [0.25, 0.3) is 0 Å². The minimum Gasteiger partial charge on any atom is -0.345 e. The average Bonchev–Trinajstić information content (AvgIpc) is 2.53. The summed E-state index contributed by atoms with van der Waals surface area (Å²) in [5, 5.41) is 0. The van der Waals surface area contributed by atoms with E-state index in [4.69, 9.17) is 0 Å². The van der Waals surface area contributed by atoms with Gasteiger partial charge in [0, 0.05) is 26.9 Å². The van der Waals surface area contributed by atoms with Gasteiger partial charge in [-0.25, -0.2) is 4.98 Å². The van der Waals surface area contributed by atoms with Crippen molar-refractivity contribution in [2.45, 2.75) is 0 Å². The van der Waals surface area contributed by atoms with Crippen molar-refractivity contribution >= 4 is 31.9 Å². The SMILES string of the molecule is Brc1cc(Br)cc(-c2ncc[nH]2)c1. The highest BCUT2D eigenvalue weighted by molar-refractivity contribution is 9.11. The lowest BCUT2D eigenvalue weighted by atomic mass is 10.2. The Hall–Kier alpha value is -0.610. The standard InChI is InChI=1S/C9H6Br2N2/c10-7-3-6(4-8(11)5-7)9-12-1-2-13-9/h1-5H,(H,12,13). The van der Waals surface area contributed by atoms with Gasteiger partial charge in [-0.1, -0.05) is 31.9 Å². The lowest BCUT2D eigenvalue weighted by Gasteiger charge is -1.99. The molecule has 1 N–H and O–H groups in total. The molecule has 0 amide bonds. The number of rotatable bonds is 1. The predicted octanol–water partition coefficient (Wildman–Crippen LogP) is 3.60. The van der Waals surface area contributed by atoms with Gasteiger partial charge in [-0.15, -0.1) is 0 Å². The summed E-state index contributed by atoms with van der Waals surface area (Å²) in [7, 11) is 0. The minimum atomic E-state index is 0.877. The lowest BCUT2D eigenvalue weighted by Crippen LogP contribution is -1.80. The fraction of sp³-hybridized carbons (Fsp3) is 0. The molecule has 66 valence electrons. The van der Waals surface area contributed by atoms with Gasteiger partial charge in [-0.3, -0.25) is 0 Å². The van der Waals surface area contributed by atoms with E-state index in [1.54, 1.807) is 6.20 Å². The van der Waals surface area contributed by atoms with Crippen molar-refractivity contribution in [3.63, 3.8) is 0 Å². The van der Waals surface area contributed by atoms with Gasteiger partial charge in [0.15, 0.2) is 0 Å². The highest BCUT2D eigenvalue weighted by Crippen LogP contribution is 2.25. The van der Waals surface area contributed by atoms with Crippen molar-refractivity contribution in [2.75, 3.05) is 0 Å². The van der Waals surface area contributed by atoms with E-state index in [1.807, 2.05) is 24.4 Å². The number of benzene rings is 1. The molecule has 0 aliphatic rings. The fourth-order valence-corrected chi connectivity index (χ4v) is 2.41. The number of imidazole rings is 1. The molecule has 2 nitrogen and oxygen atoms in total. The maximum atomic E-state index is 4.17. The summed E-state index contributed by atoms with van der Waals surface area (Å²) < 4.78 is 2.07. The number of nitrogens with one attached hydrogen (secondary N) is 1. The Morgan fingerprint density at radius 3 is 2.31 bits per heavy atom. The molecule has 0 atom stereocenters. The maximum absolute atomic E-state index is 4.17. The predicted molar refractivity (Wildman–Crippen MR) is 59.4 cm³/mol. The second kappa shape index (κ2) is 3.64. The first-order valence-electron chi connectivity index (χ1n) is 3.71. The zero-order valence-corrected chi connectivity index (χ0v) is 9.76. The summed E-state index contributed by atoms with van der Waals surface area (Å²) in [6.07, 6.45) is 3.55. The molecule has 0 spiro atoms. The summed E-state index contributed by atoms with van der Waals surface area (Å²) in [5.74, 6) is 0.877. The Morgan fingerprint density at radius 2 is 1.77 bits per heavy atom. The van der Waals surface area contributed by atoms with Crippen molar-refractivity contribution in [3.05, 3.63) is 39.5 Å². The Labute approximate surface area is 92.7 Å². The number of H-pyrrole nitrogens is 1. The van der Waals surface area contributed by atoms with Crippen LogP contribution in [0.15, 0.2) is 39.5 Å². The van der Waals surface area contributed by atoms with E-state index in [2.05, 4.69) is 41.8 Å². The van der Waals surface area contributed by atoms with Crippen molar-refractivity contribution in [3.8, 4) is 11.4 Å². The number of aromatic amines is 1. The highest BCUT2D eigenvalue weighted by Gasteiger charge is 2.01. The molecule has 2 aromatic rings. The third-order valence-electron chi connectivity index (χ3n) is 1.63. The molecule has 0 saturated carbocycles. The van der Waals surface area contributed by atoms with Crippen molar-refractivity contribution in [1.29, 1.82) is 0 Å². The summed E-state index contributed by atoms with van der Waals surface area (Å²) in [6, 6.07) is 6.03. The van der Waals surface area contributed by atoms with Crippen LogP contribution in [0.3, 0.4) is 0 Å². The van der Waals surface area contributed by atoms with E-state index in [-0.39, 0.29) is 0 Å². The van der Waals surface area contributed by atoms with E-state index >= 15 is 0 Å². The third kappa shape index (κ3) is 2.00. The molecule has 13 heavy (non-hydrogen) atoms. The minimum absolute atomic E-state index is 0.877. The second-order valence-corrected chi connectivity index (χ2v) is 4.43. The molecule has 1 aromatic carbocycles. The van der Waals surface area contributed by atoms with Crippen LogP contribution >= 0.6 is 31.9 Å². The summed E-state index contributed by atoms with van der Waals surface area (Å²) in [5.41, 5.74) is 1.06. The molecular weight excluding hydrogens is 296 g/mol. The molecule has 0 radical (unpaired) electrons. The van der Waals surface area contributed by atoms with Crippen LogP contribution in [0.25, 0.3) is 11.4 Å². The van der Waals surface area contributed by atoms with Crippen LogP contribution in [0.2, 0.25) is 0 Å². The zero-order chi connectivity index (χ0) is 9.26. The van der Waals surface area contributed by atoms with Crippen LogP contribution in [0, 0.1) is 0 Å². The van der Waals surface area contributed by atoms with Gasteiger partial charge in [0.1, 0.15) is 5.82 Å². The number of halogens is 2. The summed E-state index contributed by atoms with van der Waals surface area (Å²) in [4.78, 5) is 7.23. The number of aromatic nitrogens is 2. The Balaban J connectivity index is 2.53. The van der Waals surface area contributed by atoms with Gasteiger partial charge in [-0.05, 0) is 18.2 Å². The van der Waals surface area contributed by atoms with Crippen LogP contribution in [-0.2, 0) is 0 Å². The number of hydrogen-bond acceptors (Lipinski definition) is 1. The Kier molecular flexibility index (Phi) is 2.51. The van der Waals surface area contributed by atoms with E-state index < -0.39 is 0 Å². The van der Waals surface area contributed by atoms with Crippen molar-refractivity contribution in [2.24, 2.45) is 0 Å². The molecule has 2 rings (SSSR count). The van der Waals surface area contributed by atoms with Gasteiger partial charge >= 0.3 is 0 Å². The highest BCUT2D eigenvalue weighted by atomic mass is 79.9. The molecule has 0 aliphatic carbocycles. The lowest BCUT2D eigenvalue weighted by molar-refractivity contribution is 1.30. The molecule has 1 aromatic heterocycles. The molecule has 4 heteroatoms. The number of hydrogen-bond donors (Lipinski definition) is 1. The largest absolute Gasteiger partial charge is 0.345 e. The molecule has 0 fully saturated rings. The van der Waals surface area contributed by atoms with Gasteiger partial charge in [-0.2, -0.15) is 0 Å². The van der Waals surface area contributed by atoms with Crippen LogP contribution in [0.1, 0.15) is 0 Å². The summed E-state index contributed by atoms with van der Waals surface area (Å²) in [6.45, 7) is 0. The molecule has 1 heterocycles. The maximum Gasteiger partial charge on any atom is 0.137 e. The first kappa shape index (κ1) is 8.97. The quantitative estimate of drug-likeness (QED) is 0.856. The monoisotopic (exact) mass is 300 g/mol. The van der Waals surface area contributed by atoms with Crippen LogP contribution < -0.4 is 0 Å². The molecular formula is C9H6Br2N2. The van der Waals surface area contributed by atoms with Gasteiger partial charge in [0.2, 0.25) is 0 Å². The van der Waals surface area contributed by atoms with E-state index in [9.17, 15) is 0 Å². The van der Waals surface area contributed by atoms with E-state index in [1.165, 1.54) is 0 Å². The molecule has 0 bridgehead atoms. The van der Waals surface area contributed by atoms with Crippen molar-refractivity contribution in [1.82, 2.24) is 9.97 Å². The Bertz CT molecular complexity index is 389.